The second-order valence-corrected chi connectivity index (χ2v) is 7.12. The lowest BCUT2D eigenvalue weighted by Gasteiger charge is -2.13. The number of halogens is 1. The zero-order chi connectivity index (χ0) is 22.1. The predicted molar refractivity (Wildman–Crippen MR) is 119 cm³/mol. The average Bonchev–Trinajstić information content (AvgIpc) is 2.79. The topological polar surface area (TPSA) is 44.8 Å². The number of aryl methyl sites for hydroxylation is 1. The van der Waals surface area contributed by atoms with Crippen molar-refractivity contribution in [3.05, 3.63) is 83.7 Å². The van der Waals surface area contributed by atoms with Crippen LogP contribution < -0.4 is 9.47 Å². The maximum absolute atomic E-state index is 13.9. The van der Waals surface area contributed by atoms with Gasteiger partial charge in [0.1, 0.15) is 23.9 Å². The first-order chi connectivity index (χ1) is 15.1. The number of methoxy groups -OCH3 is 1. The number of carbonyl (C=O) groups excluding carboxylic acids is 1. The Kier molecular flexibility index (Phi) is 8.05. The normalized spacial score (nSPS) is 10.5. The fourth-order valence-electron chi connectivity index (χ4n) is 3.32. The molecule has 0 saturated carbocycles. The molecule has 0 amide bonds. The molecular weight excluding hydrogens is 395 g/mol. The van der Waals surface area contributed by atoms with Crippen LogP contribution in [0.25, 0.3) is 11.1 Å². The van der Waals surface area contributed by atoms with E-state index in [0.717, 1.165) is 40.8 Å². The lowest BCUT2D eigenvalue weighted by molar-refractivity contribution is -0.143. The van der Waals surface area contributed by atoms with Gasteiger partial charge in [-0.15, -0.1) is 0 Å². The van der Waals surface area contributed by atoms with Crippen molar-refractivity contribution >= 4 is 5.97 Å². The molecule has 0 aliphatic carbocycles. The molecule has 0 saturated heterocycles. The molecule has 0 N–H and O–H groups in total. The van der Waals surface area contributed by atoms with Gasteiger partial charge < -0.3 is 14.2 Å². The molecule has 0 fully saturated rings. The molecule has 0 radical (unpaired) electrons. The van der Waals surface area contributed by atoms with Crippen LogP contribution in [0.15, 0.2) is 66.7 Å². The minimum Gasteiger partial charge on any atom is -0.497 e. The van der Waals surface area contributed by atoms with Crippen molar-refractivity contribution in [2.75, 3.05) is 13.7 Å². The van der Waals surface area contributed by atoms with Gasteiger partial charge in [0.25, 0.3) is 0 Å². The highest BCUT2D eigenvalue weighted by molar-refractivity contribution is 5.69. The molecular formula is C26H27FO4. The van der Waals surface area contributed by atoms with Crippen LogP contribution in [0, 0.1) is 5.82 Å². The average molecular weight is 422 g/mol. The molecule has 0 aliphatic rings. The molecule has 0 unspecified atom stereocenters. The van der Waals surface area contributed by atoms with Crippen LogP contribution in [-0.4, -0.2) is 19.7 Å². The van der Waals surface area contributed by atoms with Crippen molar-refractivity contribution in [2.24, 2.45) is 0 Å². The van der Waals surface area contributed by atoms with E-state index in [1.54, 1.807) is 20.1 Å². The lowest BCUT2D eigenvalue weighted by atomic mass is 10.00. The van der Waals surface area contributed by atoms with Crippen LogP contribution in [0.5, 0.6) is 11.5 Å². The van der Waals surface area contributed by atoms with E-state index in [9.17, 15) is 9.18 Å². The highest BCUT2D eigenvalue weighted by Crippen LogP contribution is 2.28. The molecule has 3 aromatic carbocycles. The van der Waals surface area contributed by atoms with E-state index in [-0.39, 0.29) is 18.4 Å². The van der Waals surface area contributed by atoms with Crippen molar-refractivity contribution in [3.63, 3.8) is 0 Å². The fraction of sp³-hybridized carbons (Fsp3) is 0.269. The van der Waals surface area contributed by atoms with Crippen molar-refractivity contribution in [3.8, 4) is 22.6 Å². The SMILES string of the molecule is CCOC(=O)CCCc1ccc(OCc2cc(F)ccc2-c2ccc(OC)cc2)cc1. The summed E-state index contributed by atoms with van der Waals surface area (Å²) >= 11 is 0. The van der Waals surface area contributed by atoms with Crippen molar-refractivity contribution in [2.45, 2.75) is 32.8 Å². The molecule has 4 nitrogen and oxygen atoms in total. The standard InChI is InChI=1S/C26H27FO4/c1-3-30-26(28)6-4-5-19-7-12-24(13-8-19)31-18-21-17-22(27)11-16-25(21)20-9-14-23(29-2)15-10-20/h7-17H,3-6,18H2,1-2H3. The highest BCUT2D eigenvalue weighted by atomic mass is 19.1. The maximum atomic E-state index is 13.9. The van der Waals surface area contributed by atoms with Crippen LogP contribution in [0.3, 0.4) is 0 Å². The third-order valence-corrected chi connectivity index (χ3v) is 4.94. The zero-order valence-electron chi connectivity index (χ0n) is 17.9. The van der Waals surface area contributed by atoms with Gasteiger partial charge in [0.05, 0.1) is 13.7 Å². The summed E-state index contributed by atoms with van der Waals surface area (Å²) in [6.45, 7) is 2.47. The van der Waals surface area contributed by atoms with E-state index < -0.39 is 0 Å². The first-order valence-electron chi connectivity index (χ1n) is 10.4. The predicted octanol–water partition coefficient (Wildman–Crippen LogP) is 5.97. The van der Waals surface area contributed by atoms with Crippen molar-refractivity contribution in [1.82, 2.24) is 0 Å². The third kappa shape index (κ3) is 6.57. The van der Waals surface area contributed by atoms with E-state index in [2.05, 4.69) is 0 Å². The van der Waals surface area contributed by atoms with E-state index >= 15 is 0 Å². The molecule has 162 valence electrons. The van der Waals surface area contributed by atoms with Gasteiger partial charge in [-0.05, 0) is 78.4 Å². The Morgan fingerprint density at radius 3 is 2.32 bits per heavy atom. The van der Waals surface area contributed by atoms with E-state index in [0.29, 0.717) is 18.8 Å². The summed E-state index contributed by atoms with van der Waals surface area (Å²) < 4.78 is 29.9. The zero-order valence-corrected chi connectivity index (χ0v) is 17.9. The Morgan fingerprint density at radius 1 is 0.935 bits per heavy atom. The second-order valence-electron chi connectivity index (χ2n) is 7.12. The third-order valence-electron chi connectivity index (χ3n) is 4.94. The monoisotopic (exact) mass is 422 g/mol. The van der Waals surface area contributed by atoms with Gasteiger partial charge >= 0.3 is 5.97 Å². The molecule has 5 heteroatoms. The van der Waals surface area contributed by atoms with Crippen LogP contribution in [0.1, 0.15) is 30.9 Å². The maximum Gasteiger partial charge on any atom is 0.305 e. The number of esters is 1. The molecule has 0 aromatic heterocycles. The van der Waals surface area contributed by atoms with E-state index in [1.807, 2.05) is 48.5 Å². The van der Waals surface area contributed by atoms with E-state index in [4.69, 9.17) is 14.2 Å². The Balaban J connectivity index is 1.61. The van der Waals surface area contributed by atoms with Gasteiger partial charge in [0.15, 0.2) is 0 Å². The summed E-state index contributed by atoms with van der Waals surface area (Å²) in [5.41, 5.74) is 3.78. The minimum atomic E-state index is -0.298. The summed E-state index contributed by atoms with van der Waals surface area (Å²) in [6.07, 6.45) is 1.96. The van der Waals surface area contributed by atoms with Gasteiger partial charge in [0, 0.05) is 6.42 Å². The molecule has 0 spiro atoms. The number of hydrogen-bond acceptors (Lipinski definition) is 4. The van der Waals surface area contributed by atoms with Crippen LogP contribution in [-0.2, 0) is 22.6 Å². The second kappa shape index (κ2) is 11.2. The Morgan fingerprint density at radius 2 is 1.65 bits per heavy atom. The summed E-state index contributed by atoms with van der Waals surface area (Å²) in [5.74, 6) is 1.02. The van der Waals surface area contributed by atoms with Gasteiger partial charge in [-0.2, -0.15) is 0 Å². The van der Waals surface area contributed by atoms with Crippen LogP contribution in [0.2, 0.25) is 0 Å². The first kappa shape index (κ1) is 22.3. The highest BCUT2D eigenvalue weighted by Gasteiger charge is 2.09. The number of carbonyl (C=O) groups is 1. The Labute approximate surface area is 182 Å². The first-order valence-corrected chi connectivity index (χ1v) is 10.4. The van der Waals surface area contributed by atoms with Crippen molar-refractivity contribution in [1.29, 1.82) is 0 Å². The molecule has 0 heterocycles. The molecule has 3 aromatic rings. The molecule has 3 rings (SSSR count). The Hall–Kier alpha value is -3.34. The van der Waals surface area contributed by atoms with Gasteiger partial charge in [-0.25, -0.2) is 4.39 Å². The Bertz CT molecular complexity index is 981. The van der Waals surface area contributed by atoms with Gasteiger partial charge in [-0.3, -0.25) is 4.79 Å². The number of hydrogen-bond donors (Lipinski definition) is 0. The summed E-state index contributed by atoms with van der Waals surface area (Å²) in [6, 6.07) is 20.1. The fourth-order valence-corrected chi connectivity index (χ4v) is 3.32. The number of rotatable bonds is 10. The molecule has 0 atom stereocenters. The minimum absolute atomic E-state index is 0.162. The van der Waals surface area contributed by atoms with E-state index in [1.165, 1.54) is 12.1 Å². The summed E-state index contributed by atoms with van der Waals surface area (Å²) in [7, 11) is 1.62. The summed E-state index contributed by atoms with van der Waals surface area (Å²) in [5, 5.41) is 0. The van der Waals surface area contributed by atoms with Crippen LogP contribution >= 0.6 is 0 Å². The van der Waals surface area contributed by atoms with Gasteiger partial charge in [0.2, 0.25) is 0 Å². The number of benzene rings is 3. The lowest BCUT2D eigenvalue weighted by Crippen LogP contribution is -2.04. The van der Waals surface area contributed by atoms with Gasteiger partial charge in [-0.1, -0.05) is 30.3 Å². The van der Waals surface area contributed by atoms with Crippen LogP contribution in [0.4, 0.5) is 4.39 Å². The molecule has 31 heavy (non-hydrogen) atoms. The smallest absolute Gasteiger partial charge is 0.305 e. The number of ether oxygens (including phenoxy) is 3. The van der Waals surface area contributed by atoms with Crippen molar-refractivity contribution < 1.29 is 23.4 Å². The quantitative estimate of drug-likeness (QED) is 0.378. The molecule has 0 aliphatic heterocycles. The summed E-state index contributed by atoms with van der Waals surface area (Å²) in [4.78, 5) is 11.4. The largest absolute Gasteiger partial charge is 0.497 e. The molecule has 0 bridgehead atoms.